The van der Waals surface area contributed by atoms with Crippen molar-refractivity contribution in [2.75, 3.05) is 6.61 Å². The van der Waals surface area contributed by atoms with Crippen LogP contribution in [0.4, 0.5) is 0 Å². The van der Waals surface area contributed by atoms with Gasteiger partial charge in [0.05, 0.1) is 12.2 Å². The van der Waals surface area contributed by atoms with Gasteiger partial charge in [-0.25, -0.2) is 0 Å². The van der Waals surface area contributed by atoms with Crippen LogP contribution in [0.1, 0.15) is 103 Å². The first-order valence-electron chi connectivity index (χ1n) is 13.5. The summed E-state index contributed by atoms with van der Waals surface area (Å²) in [7, 11) is 0. The Hall–Kier alpha value is -2.85. The minimum Gasteiger partial charge on any atom is -0.508 e. The van der Waals surface area contributed by atoms with Crippen LogP contribution in [-0.4, -0.2) is 27.7 Å². The van der Waals surface area contributed by atoms with Crippen LogP contribution in [0.25, 0.3) is 0 Å². The number of hydrogen-bond acceptors (Lipinski definition) is 4. The van der Waals surface area contributed by atoms with Gasteiger partial charge in [-0.05, 0) is 105 Å². The molecule has 1 rings (SSSR count). The molecule has 0 spiro atoms. The largest absolute Gasteiger partial charge is 0.508 e. The van der Waals surface area contributed by atoms with E-state index in [0.29, 0.717) is 12.8 Å². The molecule has 3 N–H and O–H groups in total. The molecule has 1 aromatic carbocycles. The molecule has 0 heterocycles. The molecule has 204 valence electrons. The van der Waals surface area contributed by atoms with E-state index in [9.17, 15) is 20.1 Å². The molecule has 0 bridgehead atoms. The molecule has 0 aliphatic rings. The number of rotatable bonds is 16. The van der Waals surface area contributed by atoms with Gasteiger partial charge in [-0.2, -0.15) is 0 Å². The summed E-state index contributed by atoms with van der Waals surface area (Å²) in [6.07, 6.45) is 17.4. The van der Waals surface area contributed by atoms with Crippen LogP contribution in [0, 0.1) is 5.92 Å². The van der Waals surface area contributed by atoms with Crippen molar-refractivity contribution in [3.8, 4) is 11.5 Å². The van der Waals surface area contributed by atoms with Crippen LogP contribution >= 0.6 is 0 Å². The zero-order valence-corrected chi connectivity index (χ0v) is 23.8. The normalized spacial score (nSPS) is 13.3. The van der Waals surface area contributed by atoms with Crippen LogP contribution < -0.4 is 0 Å². The topological polar surface area (TPSA) is 77.8 Å². The van der Waals surface area contributed by atoms with Gasteiger partial charge < -0.3 is 15.3 Å². The molecule has 4 heteroatoms. The summed E-state index contributed by atoms with van der Waals surface area (Å²) in [6.45, 7) is 12.6. The monoisotopic (exact) mass is 508 g/mol. The number of Topliss-reactive ketones (excluding diaryl/α,β-unsaturated/α-hetero) is 1. The highest BCUT2D eigenvalue weighted by Crippen LogP contribution is 2.30. The Kier molecular flexibility index (Phi) is 15.3. The van der Waals surface area contributed by atoms with Crippen LogP contribution in [0.5, 0.6) is 11.5 Å². The Morgan fingerprint density at radius 2 is 1.35 bits per heavy atom. The van der Waals surface area contributed by atoms with Crippen LogP contribution in [0.15, 0.2) is 76.4 Å². The van der Waals surface area contributed by atoms with Gasteiger partial charge in [0.2, 0.25) is 0 Å². The van der Waals surface area contributed by atoms with Crippen LogP contribution in [-0.2, 0) is 0 Å². The van der Waals surface area contributed by atoms with Gasteiger partial charge in [0, 0.05) is 12.0 Å². The number of phenolic OH excluding ortho intramolecular Hbond substituents is 2. The number of carbonyl (C=O) groups is 1. The summed E-state index contributed by atoms with van der Waals surface area (Å²) in [6, 6.07) is 4.12. The zero-order valence-electron chi connectivity index (χ0n) is 23.8. The maximum Gasteiger partial charge on any atom is 0.170 e. The van der Waals surface area contributed by atoms with E-state index in [1.165, 1.54) is 40.5 Å². The van der Waals surface area contributed by atoms with Crippen LogP contribution in [0.3, 0.4) is 0 Å². The number of phenols is 2. The van der Waals surface area contributed by atoms with E-state index >= 15 is 0 Å². The first kappa shape index (κ1) is 32.2. The van der Waals surface area contributed by atoms with E-state index in [4.69, 9.17) is 0 Å². The average Bonchev–Trinajstić information content (AvgIpc) is 2.80. The third kappa shape index (κ3) is 13.9. The molecule has 0 radical (unpaired) electrons. The maximum absolute atomic E-state index is 13.5. The second-order valence-electron chi connectivity index (χ2n) is 10.5. The maximum atomic E-state index is 13.5. The summed E-state index contributed by atoms with van der Waals surface area (Å²) in [5.41, 5.74) is 6.48. The second kappa shape index (κ2) is 17.6. The van der Waals surface area contributed by atoms with Crippen LogP contribution in [0.2, 0.25) is 0 Å². The third-order valence-electron chi connectivity index (χ3n) is 6.40. The first-order valence-corrected chi connectivity index (χ1v) is 13.5. The molecular formula is C33H48O4. The Morgan fingerprint density at radius 1 is 0.784 bits per heavy atom. The lowest BCUT2D eigenvalue weighted by atomic mass is 9.86. The molecular weight excluding hydrogens is 460 g/mol. The molecule has 0 aromatic heterocycles. The smallest absolute Gasteiger partial charge is 0.170 e. The SMILES string of the molecule is CC(C)=CCCC(C)=CCCC(C)=CCC(CC(=CCO)CCC=C(C)C)C(=O)c1ccc(O)cc1O. The van der Waals surface area contributed by atoms with Crippen molar-refractivity contribution >= 4 is 5.78 Å². The van der Waals surface area contributed by atoms with Crippen molar-refractivity contribution in [3.05, 3.63) is 82.0 Å². The molecule has 1 atom stereocenters. The standard InChI is InChI=1S/C33H48O4/c1-24(2)10-7-12-26(5)13-9-14-27(6)16-17-29(22-28(20-21-34)15-8-11-25(3)4)33(37)31-19-18-30(35)23-32(31)36/h10-11,13,16,18-20,23,29,34-36H,7-9,12,14-15,17,21-22H2,1-6H3. The van der Waals surface area contributed by atoms with Gasteiger partial charge >= 0.3 is 0 Å². The first-order chi connectivity index (χ1) is 17.5. The molecule has 1 aromatic rings. The van der Waals surface area contributed by atoms with Crippen molar-refractivity contribution in [3.63, 3.8) is 0 Å². The molecule has 0 saturated carbocycles. The number of benzene rings is 1. The predicted octanol–water partition coefficient (Wildman–Crippen LogP) is 8.76. The number of ketones is 1. The van der Waals surface area contributed by atoms with E-state index < -0.39 is 0 Å². The molecule has 37 heavy (non-hydrogen) atoms. The zero-order chi connectivity index (χ0) is 27.8. The molecule has 4 nitrogen and oxygen atoms in total. The van der Waals surface area contributed by atoms with Crippen molar-refractivity contribution < 1.29 is 20.1 Å². The fraction of sp³-hybridized carbons (Fsp3) is 0.485. The fourth-order valence-electron chi connectivity index (χ4n) is 4.19. The van der Waals surface area contributed by atoms with E-state index in [-0.39, 0.29) is 35.4 Å². The van der Waals surface area contributed by atoms with Gasteiger partial charge in [0.1, 0.15) is 11.5 Å². The number of aromatic hydroxyl groups is 2. The minimum absolute atomic E-state index is 0.0658. The van der Waals surface area contributed by atoms with Gasteiger partial charge in [-0.15, -0.1) is 0 Å². The highest BCUT2D eigenvalue weighted by molar-refractivity contribution is 6.00. The van der Waals surface area contributed by atoms with Crippen molar-refractivity contribution in [2.24, 2.45) is 5.92 Å². The van der Waals surface area contributed by atoms with E-state index in [1.807, 2.05) is 0 Å². The Balaban J connectivity index is 2.99. The summed E-state index contributed by atoms with van der Waals surface area (Å²) in [5, 5.41) is 29.5. The van der Waals surface area contributed by atoms with Crippen molar-refractivity contribution in [2.45, 2.75) is 92.9 Å². The quantitative estimate of drug-likeness (QED) is 0.154. The number of allylic oxidation sites excluding steroid dienone is 9. The van der Waals surface area contributed by atoms with Gasteiger partial charge in [0.25, 0.3) is 0 Å². The fourth-order valence-corrected chi connectivity index (χ4v) is 4.19. The number of hydrogen-bond donors (Lipinski definition) is 3. The third-order valence-corrected chi connectivity index (χ3v) is 6.40. The molecule has 0 aliphatic carbocycles. The van der Waals surface area contributed by atoms with Crippen molar-refractivity contribution in [1.29, 1.82) is 0 Å². The highest BCUT2D eigenvalue weighted by atomic mass is 16.3. The highest BCUT2D eigenvalue weighted by Gasteiger charge is 2.23. The van der Waals surface area contributed by atoms with Gasteiger partial charge in [-0.3, -0.25) is 4.79 Å². The second-order valence-corrected chi connectivity index (χ2v) is 10.5. The van der Waals surface area contributed by atoms with E-state index in [0.717, 1.165) is 44.1 Å². The summed E-state index contributed by atoms with van der Waals surface area (Å²) < 4.78 is 0. The van der Waals surface area contributed by atoms with Gasteiger partial charge in [0.15, 0.2) is 5.78 Å². The lowest BCUT2D eigenvalue weighted by Crippen LogP contribution is -2.16. The Labute approximate surface area is 224 Å². The Bertz CT molecular complexity index is 1010. The number of carbonyl (C=O) groups excluding carboxylic acids is 1. The number of aliphatic hydroxyl groups is 1. The predicted molar refractivity (Wildman–Crippen MR) is 156 cm³/mol. The molecule has 1 unspecified atom stereocenters. The molecule has 0 saturated heterocycles. The number of aliphatic hydroxyl groups excluding tert-OH is 1. The Morgan fingerprint density at radius 3 is 1.92 bits per heavy atom. The molecule has 0 aliphatic heterocycles. The minimum atomic E-state index is -0.365. The van der Waals surface area contributed by atoms with Gasteiger partial charge in [-0.1, -0.05) is 58.2 Å². The average molecular weight is 509 g/mol. The van der Waals surface area contributed by atoms with Crippen molar-refractivity contribution in [1.82, 2.24) is 0 Å². The lowest BCUT2D eigenvalue weighted by molar-refractivity contribution is 0.0916. The summed E-state index contributed by atoms with van der Waals surface area (Å²) in [5.74, 6) is -0.798. The molecule has 0 amide bonds. The summed E-state index contributed by atoms with van der Waals surface area (Å²) in [4.78, 5) is 13.5. The molecule has 0 fully saturated rings. The lowest BCUT2D eigenvalue weighted by Gasteiger charge is -2.18. The summed E-state index contributed by atoms with van der Waals surface area (Å²) >= 11 is 0. The van der Waals surface area contributed by atoms with E-state index in [2.05, 4.69) is 65.8 Å². The van der Waals surface area contributed by atoms with E-state index in [1.54, 1.807) is 6.08 Å².